The van der Waals surface area contributed by atoms with Crippen LogP contribution in [-0.4, -0.2) is 23.2 Å². The van der Waals surface area contributed by atoms with Crippen molar-refractivity contribution >= 4 is 44.3 Å². The van der Waals surface area contributed by atoms with Gasteiger partial charge in [0.2, 0.25) is 5.91 Å². The first kappa shape index (κ1) is 17.9. The first-order valence-electron chi connectivity index (χ1n) is 9.39. The predicted octanol–water partition coefficient (Wildman–Crippen LogP) is 4.01. The molecule has 0 fully saturated rings. The van der Waals surface area contributed by atoms with Gasteiger partial charge in [0.05, 0.1) is 30.3 Å². The molecule has 2 heterocycles. The maximum absolute atomic E-state index is 12.8. The van der Waals surface area contributed by atoms with Gasteiger partial charge in [-0.2, -0.15) is 5.10 Å². The molecule has 30 heavy (non-hydrogen) atoms. The molecule has 148 valence electrons. The largest absolute Gasteiger partial charge is 0.495 e. The van der Waals surface area contributed by atoms with Crippen LogP contribution in [0.25, 0.3) is 32.7 Å². The Hall–Kier alpha value is -4.13. The van der Waals surface area contributed by atoms with Gasteiger partial charge in [0, 0.05) is 22.2 Å². The summed E-state index contributed by atoms with van der Waals surface area (Å²) in [4.78, 5) is 24.7. The number of hydrogen-bond acceptors (Lipinski definition) is 5. The lowest BCUT2D eigenvalue weighted by atomic mass is 10.1. The number of nitrogens with zero attached hydrogens (tertiary/aromatic N) is 1. The Morgan fingerprint density at radius 1 is 1.00 bits per heavy atom. The molecule has 0 aliphatic heterocycles. The first-order chi connectivity index (χ1) is 14.6. The fraction of sp³-hybridized carbons (Fsp3) is 0.0870. The van der Waals surface area contributed by atoms with Crippen LogP contribution in [0.1, 0.15) is 5.69 Å². The van der Waals surface area contributed by atoms with E-state index in [1.54, 1.807) is 31.4 Å². The van der Waals surface area contributed by atoms with Crippen molar-refractivity contribution in [3.05, 3.63) is 76.7 Å². The van der Waals surface area contributed by atoms with Gasteiger partial charge in [-0.15, -0.1) is 0 Å². The molecule has 0 aliphatic carbocycles. The number of amides is 1. The minimum absolute atomic E-state index is 0.00137. The van der Waals surface area contributed by atoms with Gasteiger partial charge < -0.3 is 14.5 Å². The van der Waals surface area contributed by atoms with E-state index in [-0.39, 0.29) is 17.9 Å². The van der Waals surface area contributed by atoms with Crippen molar-refractivity contribution in [3.8, 4) is 5.75 Å². The number of rotatable bonds is 4. The summed E-state index contributed by atoms with van der Waals surface area (Å²) in [6.45, 7) is 0. The molecular formula is C23H17N3O4. The Balaban J connectivity index is 1.49. The molecule has 5 aromatic rings. The third kappa shape index (κ3) is 2.97. The Morgan fingerprint density at radius 2 is 1.73 bits per heavy atom. The zero-order valence-corrected chi connectivity index (χ0v) is 16.1. The number of anilines is 1. The van der Waals surface area contributed by atoms with Crippen molar-refractivity contribution in [1.82, 2.24) is 10.2 Å². The van der Waals surface area contributed by atoms with E-state index < -0.39 is 0 Å². The maximum Gasteiger partial charge on any atom is 0.272 e. The minimum atomic E-state index is -0.285. The van der Waals surface area contributed by atoms with E-state index in [1.165, 1.54) is 0 Å². The number of ether oxygens (including phenoxy) is 1. The first-order valence-corrected chi connectivity index (χ1v) is 9.39. The van der Waals surface area contributed by atoms with Crippen LogP contribution in [0.3, 0.4) is 0 Å². The summed E-state index contributed by atoms with van der Waals surface area (Å²) in [5.41, 5.74) is 2.13. The summed E-state index contributed by atoms with van der Waals surface area (Å²) < 4.78 is 11.4. The number of nitrogens with one attached hydrogen (secondary N) is 2. The number of H-pyrrole nitrogens is 1. The SMILES string of the molecule is COc1cc2c(cc1NC(=O)Cc1n[nH]c(=O)c3ccccc13)oc1ccccc12. The second-order valence-electron chi connectivity index (χ2n) is 6.92. The molecule has 3 aromatic carbocycles. The fourth-order valence-electron chi connectivity index (χ4n) is 3.67. The van der Waals surface area contributed by atoms with Crippen molar-refractivity contribution in [1.29, 1.82) is 0 Å². The molecule has 0 bridgehead atoms. The Kier molecular flexibility index (Phi) is 4.21. The highest BCUT2D eigenvalue weighted by Crippen LogP contribution is 2.36. The second-order valence-corrected chi connectivity index (χ2v) is 6.92. The average Bonchev–Trinajstić information content (AvgIpc) is 3.12. The standard InChI is InChI=1S/C23H17N3O4/c1-29-21-10-16-14-7-4-5-9-19(14)30-20(16)11-18(21)24-22(27)12-17-13-6-2-3-8-15(13)23(28)26-25-17/h2-11H,12H2,1H3,(H,24,27)(H,26,28). The minimum Gasteiger partial charge on any atom is -0.495 e. The number of aromatic nitrogens is 2. The normalized spacial score (nSPS) is 11.2. The zero-order chi connectivity index (χ0) is 20.7. The van der Waals surface area contributed by atoms with Crippen molar-refractivity contribution in [2.45, 2.75) is 6.42 Å². The second kappa shape index (κ2) is 7.04. The average molecular weight is 399 g/mol. The van der Waals surface area contributed by atoms with Crippen LogP contribution in [0, 0.1) is 0 Å². The van der Waals surface area contributed by atoms with E-state index in [1.807, 2.05) is 36.4 Å². The number of para-hydroxylation sites is 1. The molecule has 0 aliphatic rings. The van der Waals surface area contributed by atoms with Crippen LogP contribution < -0.4 is 15.6 Å². The van der Waals surface area contributed by atoms with Gasteiger partial charge in [-0.05, 0) is 18.2 Å². The summed E-state index contributed by atoms with van der Waals surface area (Å²) in [5.74, 6) is 0.246. The smallest absolute Gasteiger partial charge is 0.272 e. The summed E-state index contributed by atoms with van der Waals surface area (Å²) in [7, 11) is 1.55. The van der Waals surface area contributed by atoms with Crippen LogP contribution in [0.2, 0.25) is 0 Å². The summed E-state index contributed by atoms with van der Waals surface area (Å²) in [5, 5.41) is 12.4. The van der Waals surface area contributed by atoms with Gasteiger partial charge in [-0.3, -0.25) is 9.59 Å². The lowest BCUT2D eigenvalue weighted by Crippen LogP contribution is -2.18. The van der Waals surface area contributed by atoms with Crippen LogP contribution in [0.15, 0.2) is 69.9 Å². The monoisotopic (exact) mass is 399 g/mol. The van der Waals surface area contributed by atoms with E-state index in [2.05, 4.69) is 15.5 Å². The van der Waals surface area contributed by atoms with Crippen molar-refractivity contribution in [2.24, 2.45) is 0 Å². The lowest BCUT2D eigenvalue weighted by molar-refractivity contribution is -0.115. The third-order valence-corrected chi connectivity index (χ3v) is 5.08. The van der Waals surface area contributed by atoms with E-state index >= 15 is 0 Å². The van der Waals surface area contributed by atoms with Crippen molar-refractivity contribution < 1.29 is 13.9 Å². The summed E-state index contributed by atoms with van der Waals surface area (Å²) in [6.07, 6.45) is -0.00137. The summed E-state index contributed by atoms with van der Waals surface area (Å²) in [6, 6.07) is 18.4. The number of benzene rings is 3. The summed E-state index contributed by atoms with van der Waals surface area (Å²) >= 11 is 0. The van der Waals surface area contributed by atoms with Gasteiger partial charge in [-0.1, -0.05) is 36.4 Å². The molecule has 0 spiro atoms. The number of fused-ring (bicyclic) bond motifs is 4. The molecule has 0 atom stereocenters. The van der Waals surface area contributed by atoms with Crippen LogP contribution in [0.5, 0.6) is 5.75 Å². The highest BCUT2D eigenvalue weighted by molar-refractivity contribution is 6.08. The molecule has 0 saturated carbocycles. The highest BCUT2D eigenvalue weighted by Gasteiger charge is 2.16. The Bertz CT molecular complexity index is 1480. The third-order valence-electron chi connectivity index (χ3n) is 5.08. The number of methoxy groups -OCH3 is 1. The van der Waals surface area contributed by atoms with Crippen LogP contribution >= 0.6 is 0 Å². The Labute approximate surface area is 170 Å². The molecule has 2 N–H and O–H groups in total. The van der Waals surface area contributed by atoms with E-state index in [9.17, 15) is 9.59 Å². The topological polar surface area (TPSA) is 97.2 Å². The quantitative estimate of drug-likeness (QED) is 0.476. The van der Waals surface area contributed by atoms with Gasteiger partial charge >= 0.3 is 0 Å². The number of carbonyl (C=O) groups is 1. The van der Waals surface area contributed by atoms with Crippen molar-refractivity contribution in [2.75, 3.05) is 12.4 Å². The number of hydrogen-bond donors (Lipinski definition) is 2. The van der Waals surface area contributed by atoms with E-state index in [4.69, 9.17) is 9.15 Å². The van der Waals surface area contributed by atoms with Crippen LogP contribution in [-0.2, 0) is 11.2 Å². The maximum atomic E-state index is 12.8. The van der Waals surface area contributed by atoms with Gasteiger partial charge in [0.25, 0.3) is 5.56 Å². The zero-order valence-electron chi connectivity index (χ0n) is 16.1. The van der Waals surface area contributed by atoms with Gasteiger partial charge in [-0.25, -0.2) is 5.10 Å². The Morgan fingerprint density at radius 3 is 2.53 bits per heavy atom. The highest BCUT2D eigenvalue weighted by atomic mass is 16.5. The van der Waals surface area contributed by atoms with Gasteiger partial charge in [0.1, 0.15) is 16.9 Å². The molecule has 0 unspecified atom stereocenters. The van der Waals surface area contributed by atoms with Crippen molar-refractivity contribution in [3.63, 3.8) is 0 Å². The number of carbonyl (C=O) groups excluding carboxylic acids is 1. The number of aromatic amines is 1. The molecule has 7 nitrogen and oxygen atoms in total. The molecule has 1 amide bonds. The van der Waals surface area contributed by atoms with E-state index in [0.717, 1.165) is 16.4 Å². The molecule has 7 heteroatoms. The van der Waals surface area contributed by atoms with E-state index in [0.29, 0.717) is 33.5 Å². The van der Waals surface area contributed by atoms with Crippen LogP contribution in [0.4, 0.5) is 5.69 Å². The molecular weight excluding hydrogens is 382 g/mol. The molecule has 5 rings (SSSR count). The molecule has 0 radical (unpaired) electrons. The lowest BCUT2D eigenvalue weighted by Gasteiger charge is -2.11. The fourth-order valence-corrected chi connectivity index (χ4v) is 3.67. The predicted molar refractivity (Wildman–Crippen MR) is 115 cm³/mol. The van der Waals surface area contributed by atoms with Gasteiger partial charge in [0.15, 0.2) is 0 Å². The molecule has 2 aromatic heterocycles. The molecule has 0 saturated heterocycles. The number of furan rings is 1.